The molecule has 4 rings (SSSR count). The second-order valence-corrected chi connectivity index (χ2v) is 7.61. The molecule has 0 unspecified atom stereocenters. The van der Waals surface area contributed by atoms with E-state index >= 15 is 0 Å². The molecule has 0 aliphatic carbocycles. The van der Waals surface area contributed by atoms with Crippen LogP contribution in [0.3, 0.4) is 0 Å². The van der Waals surface area contributed by atoms with E-state index in [9.17, 15) is 14.4 Å². The third-order valence-corrected chi connectivity index (χ3v) is 6.15. The fraction of sp³-hybridized carbons (Fsp3) is 0.409. The second kappa shape index (κ2) is 7.83. The average Bonchev–Trinajstić information content (AvgIpc) is 2.76. The highest BCUT2D eigenvalue weighted by molar-refractivity contribution is 5.80. The van der Waals surface area contributed by atoms with Crippen LogP contribution in [0.5, 0.6) is 0 Å². The summed E-state index contributed by atoms with van der Waals surface area (Å²) in [7, 11) is 1.82. The standard InChI is InChI=1S/C22H25N3O4/c1-23-21(28)16-29-18-15-25(14-11-22(18,23)17-7-3-2-4-8-17)20(27)10-13-24-12-6-5-9-19(24)26/h2-9,12,18H,10-11,13-16H2,1H3/t18-,22+/m1/s1. The molecular formula is C22H25N3O4. The number of carbonyl (C=O) groups excluding carboxylic acids is 2. The van der Waals surface area contributed by atoms with Crippen molar-refractivity contribution in [2.45, 2.75) is 31.0 Å². The van der Waals surface area contributed by atoms with Gasteiger partial charge in [-0.15, -0.1) is 0 Å². The zero-order valence-electron chi connectivity index (χ0n) is 16.5. The number of carbonyl (C=O) groups is 2. The Morgan fingerprint density at radius 1 is 1.14 bits per heavy atom. The van der Waals surface area contributed by atoms with E-state index in [2.05, 4.69) is 0 Å². The average molecular weight is 395 g/mol. The zero-order valence-corrected chi connectivity index (χ0v) is 16.5. The van der Waals surface area contributed by atoms with Gasteiger partial charge < -0.3 is 19.1 Å². The minimum atomic E-state index is -0.566. The maximum atomic E-state index is 12.8. The minimum Gasteiger partial charge on any atom is -0.364 e. The number of pyridine rings is 1. The highest BCUT2D eigenvalue weighted by atomic mass is 16.5. The van der Waals surface area contributed by atoms with Crippen LogP contribution >= 0.6 is 0 Å². The van der Waals surface area contributed by atoms with Gasteiger partial charge in [-0.05, 0) is 18.1 Å². The predicted octanol–water partition coefficient (Wildman–Crippen LogP) is 1.22. The third-order valence-electron chi connectivity index (χ3n) is 6.15. The largest absolute Gasteiger partial charge is 0.364 e. The van der Waals surface area contributed by atoms with Crippen LogP contribution in [0, 0.1) is 0 Å². The SMILES string of the molecule is CN1C(=O)CO[C@@H]2CN(C(=O)CCn3ccccc3=O)CC[C@]21c1ccccc1. The van der Waals surface area contributed by atoms with E-state index in [0.29, 0.717) is 26.1 Å². The number of amides is 2. The summed E-state index contributed by atoms with van der Waals surface area (Å²) in [5, 5.41) is 0. The van der Waals surface area contributed by atoms with Crippen molar-refractivity contribution in [1.29, 1.82) is 0 Å². The molecule has 2 aliphatic rings. The van der Waals surface area contributed by atoms with Crippen LogP contribution in [0.2, 0.25) is 0 Å². The van der Waals surface area contributed by atoms with Crippen molar-refractivity contribution in [3.63, 3.8) is 0 Å². The lowest BCUT2D eigenvalue weighted by Gasteiger charge is -2.54. The monoisotopic (exact) mass is 395 g/mol. The van der Waals surface area contributed by atoms with Gasteiger partial charge in [0.15, 0.2) is 0 Å². The van der Waals surface area contributed by atoms with Crippen molar-refractivity contribution >= 4 is 11.8 Å². The molecular weight excluding hydrogens is 370 g/mol. The number of piperidine rings is 1. The Kier molecular flexibility index (Phi) is 5.24. The van der Waals surface area contributed by atoms with Crippen molar-refractivity contribution in [2.75, 3.05) is 26.7 Å². The van der Waals surface area contributed by atoms with Crippen LogP contribution in [0.1, 0.15) is 18.4 Å². The molecule has 0 radical (unpaired) electrons. The normalized spacial score (nSPS) is 24.3. The van der Waals surface area contributed by atoms with Gasteiger partial charge in [0, 0.05) is 45.4 Å². The van der Waals surface area contributed by atoms with E-state index in [1.54, 1.807) is 32.7 Å². The predicted molar refractivity (Wildman–Crippen MR) is 107 cm³/mol. The molecule has 7 heteroatoms. The van der Waals surface area contributed by atoms with Crippen molar-refractivity contribution < 1.29 is 14.3 Å². The van der Waals surface area contributed by atoms with Gasteiger partial charge in [-0.25, -0.2) is 0 Å². The summed E-state index contributed by atoms with van der Waals surface area (Å²) < 4.78 is 7.49. The lowest BCUT2D eigenvalue weighted by molar-refractivity contribution is -0.184. The number of likely N-dealkylation sites (N-methyl/N-ethyl adjacent to an activating group) is 1. The summed E-state index contributed by atoms with van der Waals surface area (Å²) in [4.78, 5) is 40.7. The van der Waals surface area contributed by atoms with Crippen molar-refractivity contribution in [1.82, 2.24) is 14.4 Å². The minimum absolute atomic E-state index is 0.00873. The highest BCUT2D eigenvalue weighted by Crippen LogP contribution is 2.42. The molecule has 29 heavy (non-hydrogen) atoms. The second-order valence-electron chi connectivity index (χ2n) is 7.61. The van der Waals surface area contributed by atoms with Crippen molar-refractivity contribution in [3.8, 4) is 0 Å². The number of nitrogens with zero attached hydrogens (tertiary/aromatic N) is 3. The Balaban J connectivity index is 1.51. The van der Waals surface area contributed by atoms with E-state index in [-0.39, 0.29) is 36.5 Å². The van der Waals surface area contributed by atoms with Crippen molar-refractivity contribution in [2.24, 2.45) is 0 Å². The molecule has 0 bridgehead atoms. The number of rotatable bonds is 4. The number of morpholine rings is 1. The Hall–Kier alpha value is -2.93. The van der Waals surface area contributed by atoms with Crippen molar-refractivity contribution in [3.05, 3.63) is 70.6 Å². The molecule has 2 amide bonds. The molecule has 1 aromatic heterocycles. The first-order valence-electron chi connectivity index (χ1n) is 9.89. The van der Waals surface area contributed by atoms with Crippen LogP contribution in [0.15, 0.2) is 59.5 Å². The zero-order chi connectivity index (χ0) is 20.4. The summed E-state index contributed by atoms with van der Waals surface area (Å²) in [6.07, 6.45) is 2.27. The van der Waals surface area contributed by atoms with Crippen LogP contribution in [0.25, 0.3) is 0 Å². The summed E-state index contributed by atoms with van der Waals surface area (Å²) in [6, 6.07) is 14.9. The molecule has 2 saturated heterocycles. The molecule has 152 valence electrons. The molecule has 0 spiro atoms. The number of hydrogen-bond donors (Lipinski definition) is 0. The first-order valence-corrected chi connectivity index (χ1v) is 9.89. The summed E-state index contributed by atoms with van der Waals surface area (Å²) in [5.41, 5.74) is 0.352. The fourth-order valence-electron chi connectivity index (χ4n) is 4.47. The molecule has 3 heterocycles. The first kappa shape index (κ1) is 19.4. The van der Waals surface area contributed by atoms with E-state index < -0.39 is 5.54 Å². The van der Waals surface area contributed by atoms with Gasteiger partial charge in [0.2, 0.25) is 11.8 Å². The Morgan fingerprint density at radius 3 is 2.66 bits per heavy atom. The maximum absolute atomic E-state index is 12.8. The van der Waals surface area contributed by atoms with Gasteiger partial charge in [-0.1, -0.05) is 36.4 Å². The van der Waals surface area contributed by atoms with E-state index in [1.807, 2.05) is 37.4 Å². The lowest BCUT2D eigenvalue weighted by Crippen LogP contribution is -2.67. The molecule has 2 atom stereocenters. The number of ether oxygens (including phenoxy) is 1. The maximum Gasteiger partial charge on any atom is 0.250 e. The molecule has 0 N–H and O–H groups in total. The number of benzene rings is 1. The van der Waals surface area contributed by atoms with Gasteiger partial charge in [0.05, 0.1) is 5.54 Å². The van der Waals surface area contributed by atoms with Gasteiger partial charge in [-0.3, -0.25) is 14.4 Å². The number of aromatic nitrogens is 1. The van der Waals surface area contributed by atoms with Gasteiger partial charge in [0.1, 0.15) is 12.7 Å². The summed E-state index contributed by atoms with van der Waals surface area (Å²) in [6.45, 7) is 1.34. The van der Waals surface area contributed by atoms with Crippen LogP contribution in [0.4, 0.5) is 0 Å². The number of fused-ring (bicyclic) bond motifs is 1. The summed E-state index contributed by atoms with van der Waals surface area (Å²) >= 11 is 0. The van der Waals surface area contributed by atoms with Gasteiger partial charge in [0.25, 0.3) is 5.56 Å². The Labute approximate surface area is 169 Å². The number of aryl methyl sites for hydroxylation is 1. The van der Waals surface area contributed by atoms with E-state index in [0.717, 1.165) is 5.56 Å². The molecule has 0 saturated carbocycles. The lowest BCUT2D eigenvalue weighted by atomic mass is 9.76. The molecule has 7 nitrogen and oxygen atoms in total. The topological polar surface area (TPSA) is 71.8 Å². The smallest absolute Gasteiger partial charge is 0.250 e. The Morgan fingerprint density at radius 2 is 1.90 bits per heavy atom. The molecule has 2 fully saturated rings. The first-order chi connectivity index (χ1) is 14.0. The number of likely N-dealkylation sites (tertiary alicyclic amines) is 1. The van der Waals surface area contributed by atoms with Crippen LogP contribution in [-0.2, 0) is 26.4 Å². The van der Waals surface area contributed by atoms with Gasteiger partial charge >= 0.3 is 0 Å². The quantitative estimate of drug-likeness (QED) is 0.781. The van der Waals surface area contributed by atoms with Crippen LogP contribution in [-0.4, -0.2) is 59.0 Å². The molecule has 2 aliphatic heterocycles. The molecule has 2 aromatic rings. The van der Waals surface area contributed by atoms with Crippen LogP contribution < -0.4 is 5.56 Å². The fourth-order valence-corrected chi connectivity index (χ4v) is 4.47. The van der Waals surface area contributed by atoms with E-state index in [4.69, 9.17) is 4.74 Å². The molecule has 1 aromatic carbocycles. The summed E-state index contributed by atoms with van der Waals surface area (Å²) in [5.74, 6) is -0.0566. The highest BCUT2D eigenvalue weighted by Gasteiger charge is 2.53. The van der Waals surface area contributed by atoms with E-state index in [1.165, 1.54) is 6.07 Å². The third kappa shape index (κ3) is 3.46. The van der Waals surface area contributed by atoms with Gasteiger partial charge in [-0.2, -0.15) is 0 Å². The Bertz CT molecular complexity index is 958. The number of hydrogen-bond acceptors (Lipinski definition) is 4.